The van der Waals surface area contributed by atoms with Gasteiger partial charge in [0.05, 0.1) is 28.6 Å². The first-order chi connectivity index (χ1) is 15.6. The van der Waals surface area contributed by atoms with Crippen molar-refractivity contribution in [2.45, 2.75) is 53.6 Å². The maximum absolute atomic E-state index is 13.1. The molecule has 9 heteroatoms. The average molecular weight is 522 g/mol. The Morgan fingerprint density at radius 1 is 1.15 bits per heavy atom. The summed E-state index contributed by atoms with van der Waals surface area (Å²) < 4.78 is 41.6. The van der Waals surface area contributed by atoms with Crippen LogP contribution in [0.1, 0.15) is 49.3 Å². The molecule has 33 heavy (non-hydrogen) atoms. The largest absolute Gasteiger partial charge is 0.416 e. The van der Waals surface area contributed by atoms with Crippen molar-refractivity contribution < 1.29 is 13.2 Å². The second-order valence-corrected chi connectivity index (χ2v) is 8.77. The number of anilines is 1. The molecule has 176 valence electrons. The third-order valence-electron chi connectivity index (χ3n) is 5.87. The minimum atomic E-state index is -4.41. The van der Waals surface area contributed by atoms with Crippen LogP contribution in [0.2, 0.25) is 0 Å². The molecule has 4 rings (SSSR count). The number of piperidine rings is 1. The number of alkyl halides is 3. The molecule has 5 nitrogen and oxygen atoms in total. The van der Waals surface area contributed by atoms with Gasteiger partial charge in [-0.3, -0.25) is 4.57 Å². The monoisotopic (exact) mass is 521 g/mol. The number of halogens is 4. The predicted molar refractivity (Wildman–Crippen MR) is 128 cm³/mol. The SMILES string of the molecule is CC.Cc1nc(N2CCCC(C#N)C2)c2c(C)c(C)n(-c3ccc(C(F)(F)F)cc3Br)c2n1. The van der Waals surface area contributed by atoms with Crippen LogP contribution in [-0.2, 0) is 6.18 Å². The summed E-state index contributed by atoms with van der Waals surface area (Å²) in [5, 5.41) is 10.3. The number of nitrogens with zero attached hydrogens (tertiary/aromatic N) is 5. The smallest absolute Gasteiger partial charge is 0.355 e. The van der Waals surface area contributed by atoms with Crippen molar-refractivity contribution in [1.82, 2.24) is 14.5 Å². The van der Waals surface area contributed by atoms with Crippen LogP contribution in [0.3, 0.4) is 0 Å². The fraction of sp³-hybridized carbons (Fsp3) is 0.458. The van der Waals surface area contributed by atoms with E-state index in [1.165, 1.54) is 6.07 Å². The molecule has 0 saturated carbocycles. The molecule has 1 unspecified atom stereocenters. The Bertz CT molecular complexity index is 1210. The zero-order valence-electron chi connectivity index (χ0n) is 19.4. The molecule has 0 N–H and O–H groups in total. The van der Waals surface area contributed by atoms with Crippen molar-refractivity contribution >= 4 is 32.8 Å². The maximum Gasteiger partial charge on any atom is 0.416 e. The fourth-order valence-electron chi connectivity index (χ4n) is 4.21. The molecule has 1 atom stereocenters. The minimum absolute atomic E-state index is 0.0494. The standard InChI is InChI=1S/C22H21BrF3N5.C2H6/c1-12-13(2)31(18-7-6-16(9-17(18)23)22(24,25)26)21-19(12)20(28-14(3)29-21)30-8-4-5-15(10-27)11-30;1-2/h6-7,9,15H,4-5,8,11H2,1-3H3;1-2H3. The van der Waals surface area contributed by atoms with E-state index in [0.717, 1.165) is 54.0 Å². The number of aromatic nitrogens is 3. The van der Waals surface area contributed by atoms with E-state index in [0.29, 0.717) is 28.2 Å². The molecule has 1 aliphatic rings. The van der Waals surface area contributed by atoms with Crippen molar-refractivity contribution in [3.63, 3.8) is 0 Å². The topological polar surface area (TPSA) is 57.7 Å². The molecule has 0 spiro atoms. The molecular formula is C24H27BrF3N5. The third kappa shape index (κ3) is 4.72. The second kappa shape index (κ2) is 9.72. The maximum atomic E-state index is 13.1. The number of nitriles is 1. The quantitative estimate of drug-likeness (QED) is 0.368. The first-order valence-electron chi connectivity index (χ1n) is 11.0. The summed E-state index contributed by atoms with van der Waals surface area (Å²) in [5.74, 6) is 1.31. The van der Waals surface area contributed by atoms with Gasteiger partial charge in [0.15, 0.2) is 5.65 Å². The molecule has 0 amide bonds. The third-order valence-corrected chi connectivity index (χ3v) is 6.50. The number of benzene rings is 1. The van der Waals surface area contributed by atoms with Crippen LogP contribution >= 0.6 is 15.9 Å². The van der Waals surface area contributed by atoms with E-state index < -0.39 is 11.7 Å². The van der Waals surface area contributed by atoms with E-state index in [1.807, 2.05) is 32.3 Å². The Morgan fingerprint density at radius 3 is 2.45 bits per heavy atom. The van der Waals surface area contributed by atoms with Gasteiger partial charge in [0.1, 0.15) is 11.6 Å². The number of rotatable bonds is 2. The molecule has 2 aromatic heterocycles. The summed E-state index contributed by atoms with van der Waals surface area (Å²) in [6, 6.07) is 5.99. The van der Waals surface area contributed by atoms with Crippen molar-refractivity contribution in [3.05, 3.63) is 45.3 Å². The summed E-state index contributed by atoms with van der Waals surface area (Å²) in [6.07, 6.45) is -2.63. The van der Waals surface area contributed by atoms with Crippen LogP contribution < -0.4 is 4.90 Å². The van der Waals surface area contributed by atoms with Crippen molar-refractivity contribution in [3.8, 4) is 11.8 Å². The van der Waals surface area contributed by atoms with Gasteiger partial charge in [-0.25, -0.2) is 9.97 Å². The van der Waals surface area contributed by atoms with Crippen LogP contribution in [0.4, 0.5) is 19.0 Å². The van der Waals surface area contributed by atoms with Crippen LogP contribution in [0.25, 0.3) is 16.7 Å². The summed E-state index contributed by atoms with van der Waals surface area (Å²) in [5.41, 5.74) is 2.37. The van der Waals surface area contributed by atoms with Crippen molar-refractivity contribution in [2.75, 3.05) is 18.0 Å². The van der Waals surface area contributed by atoms with Crippen molar-refractivity contribution in [1.29, 1.82) is 5.26 Å². The lowest BCUT2D eigenvalue weighted by Gasteiger charge is -2.31. The van der Waals surface area contributed by atoms with E-state index in [4.69, 9.17) is 4.98 Å². The molecule has 1 fully saturated rings. The molecule has 0 bridgehead atoms. The Morgan fingerprint density at radius 2 is 1.85 bits per heavy atom. The first-order valence-corrected chi connectivity index (χ1v) is 11.8. The Labute approximate surface area is 200 Å². The van der Waals surface area contributed by atoms with Gasteiger partial charge < -0.3 is 4.90 Å². The van der Waals surface area contributed by atoms with E-state index >= 15 is 0 Å². The van der Waals surface area contributed by atoms with Gasteiger partial charge in [0, 0.05) is 23.3 Å². The van der Waals surface area contributed by atoms with Gasteiger partial charge in [-0.15, -0.1) is 0 Å². The Kier molecular flexibility index (Phi) is 7.37. The summed E-state index contributed by atoms with van der Waals surface area (Å²) in [4.78, 5) is 11.5. The highest BCUT2D eigenvalue weighted by atomic mass is 79.9. The second-order valence-electron chi connectivity index (χ2n) is 7.92. The van der Waals surface area contributed by atoms with Crippen molar-refractivity contribution in [2.24, 2.45) is 5.92 Å². The molecule has 1 saturated heterocycles. The summed E-state index contributed by atoms with van der Waals surface area (Å²) >= 11 is 3.33. The molecule has 1 aromatic carbocycles. The highest BCUT2D eigenvalue weighted by Crippen LogP contribution is 2.38. The van der Waals surface area contributed by atoms with Gasteiger partial charge in [0.2, 0.25) is 0 Å². The Hall–Kier alpha value is -2.60. The number of fused-ring (bicyclic) bond motifs is 1. The predicted octanol–water partition coefficient (Wildman–Crippen LogP) is 6.89. The highest BCUT2D eigenvalue weighted by molar-refractivity contribution is 9.10. The molecule has 1 aliphatic heterocycles. The Balaban J connectivity index is 0.00000149. The number of hydrogen-bond donors (Lipinski definition) is 0. The first kappa shape index (κ1) is 25.0. The van der Waals surface area contributed by atoms with Gasteiger partial charge in [-0.2, -0.15) is 18.4 Å². The lowest BCUT2D eigenvalue weighted by atomic mass is 9.99. The number of aryl methyl sites for hydroxylation is 2. The average Bonchev–Trinajstić information content (AvgIpc) is 3.03. The summed E-state index contributed by atoms with van der Waals surface area (Å²) in [6.45, 7) is 11.1. The van der Waals surface area contributed by atoms with E-state index in [2.05, 4.69) is 31.9 Å². The molecule has 0 radical (unpaired) electrons. The summed E-state index contributed by atoms with van der Waals surface area (Å²) in [7, 11) is 0. The molecular weight excluding hydrogens is 495 g/mol. The van der Waals surface area contributed by atoms with Crippen LogP contribution in [-0.4, -0.2) is 27.6 Å². The minimum Gasteiger partial charge on any atom is -0.355 e. The lowest BCUT2D eigenvalue weighted by molar-refractivity contribution is -0.137. The number of hydrogen-bond acceptors (Lipinski definition) is 4. The molecule has 0 aliphatic carbocycles. The van der Waals surface area contributed by atoms with E-state index in [1.54, 1.807) is 6.92 Å². The molecule has 3 aromatic rings. The van der Waals surface area contributed by atoms with Crippen LogP contribution in [0.5, 0.6) is 0 Å². The normalized spacial score (nSPS) is 16.4. The van der Waals surface area contributed by atoms with E-state index in [-0.39, 0.29) is 5.92 Å². The van der Waals surface area contributed by atoms with Gasteiger partial charge in [-0.05, 0) is 73.3 Å². The van der Waals surface area contributed by atoms with Gasteiger partial charge >= 0.3 is 6.18 Å². The lowest BCUT2D eigenvalue weighted by Crippen LogP contribution is -2.35. The zero-order chi connectivity index (χ0) is 24.5. The van der Waals surface area contributed by atoms with Gasteiger partial charge in [-0.1, -0.05) is 13.8 Å². The van der Waals surface area contributed by atoms with Gasteiger partial charge in [0.25, 0.3) is 0 Å². The zero-order valence-corrected chi connectivity index (χ0v) is 21.0. The van der Waals surface area contributed by atoms with Crippen LogP contribution in [0, 0.1) is 38.0 Å². The van der Waals surface area contributed by atoms with E-state index in [9.17, 15) is 18.4 Å². The highest BCUT2D eigenvalue weighted by Gasteiger charge is 2.32. The molecule has 3 heterocycles. The van der Waals surface area contributed by atoms with Crippen LogP contribution in [0.15, 0.2) is 22.7 Å². The fourth-order valence-corrected chi connectivity index (χ4v) is 4.77.